The molecule has 2 nitrogen and oxygen atoms in total. The zero-order valence-electron chi connectivity index (χ0n) is 14.2. The molecular formula is C20H32O2. The maximum Gasteiger partial charge on any atom is 0.330 e. The smallest absolute Gasteiger partial charge is 0.330 e. The molecule has 0 atom stereocenters. The lowest BCUT2D eigenvalue weighted by molar-refractivity contribution is -0.208. The number of rotatable bonds is 8. The van der Waals surface area contributed by atoms with Gasteiger partial charge in [0.2, 0.25) is 0 Å². The number of esters is 1. The van der Waals surface area contributed by atoms with E-state index in [9.17, 15) is 4.79 Å². The highest BCUT2D eigenvalue weighted by atomic mass is 16.6. The van der Waals surface area contributed by atoms with Crippen LogP contribution in [0, 0.1) is 23.7 Å². The van der Waals surface area contributed by atoms with Gasteiger partial charge in [0.05, 0.1) is 0 Å². The average molecular weight is 304 g/mol. The highest BCUT2D eigenvalue weighted by Crippen LogP contribution is 2.61. The van der Waals surface area contributed by atoms with Gasteiger partial charge in [0.1, 0.15) is 5.60 Å². The van der Waals surface area contributed by atoms with E-state index in [2.05, 4.69) is 13.5 Å². The Labute approximate surface area is 135 Å². The second-order valence-electron chi connectivity index (χ2n) is 8.05. The molecule has 0 heterocycles. The minimum Gasteiger partial charge on any atom is -0.455 e. The van der Waals surface area contributed by atoms with E-state index in [1.165, 1.54) is 70.3 Å². The molecule has 0 saturated heterocycles. The van der Waals surface area contributed by atoms with Gasteiger partial charge in [-0.25, -0.2) is 4.79 Å². The van der Waals surface area contributed by atoms with Gasteiger partial charge in [-0.15, -0.1) is 0 Å². The molecule has 124 valence electrons. The summed E-state index contributed by atoms with van der Waals surface area (Å²) >= 11 is 0. The minimum absolute atomic E-state index is 0.148. The van der Waals surface area contributed by atoms with E-state index in [0.29, 0.717) is 11.8 Å². The topological polar surface area (TPSA) is 26.3 Å². The number of hydrogen-bond acceptors (Lipinski definition) is 2. The van der Waals surface area contributed by atoms with Crippen molar-refractivity contribution in [1.82, 2.24) is 0 Å². The molecule has 22 heavy (non-hydrogen) atoms. The van der Waals surface area contributed by atoms with Crippen LogP contribution in [0.25, 0.3) is 0 Å². The molecule has 0 amide bonds. The summed E-state index contributed by atoms with van der Waals surface area (Å²) in [7, 11) is 0. The van der Waals surface area contributed by atoms with Crippen LogP contribution in [-0.4, -0.2) is 11.6 Å². The summed E-state index contributed by atoms with van der Waals surface area (Å²) in [5.41, 5.74) is -0.148. The van der Waals surface area contributed by atoms with E-state index >= 15 is 0 Å². The van der Waals surface area contributed by atoms with Gasteiger partial charge in [-0.2, -0.15) is 0 Å². The predicted molar refractivity (Wildman–Crippen MR) is 89.4 cm³/mol. The summed E-state index contributed by atoms with van der Waals surface area (Å²) in [5, 5.41) is 0. The summed E-state index contributed by atoms with van der Waals surface area (Å²) in [5.74, 6) is 2.88. The lowest BCUT2D eigenvalue weighted by Gasteiger charge is -2.60. The molecule has 0 aliphatic heterocycles. The van der Waals surface area contributed by atoms with Crippen LogP contribution in [-0.2, 0) is 9.53 Å². The molecule has 0 aromatic heterocycles. The quantitative estimate of drug-likeness (QED) is 0.347. The Hall–Kier alpha value is -0.790. The van der Waals surface area contributed by atoms with Crippen LogP contribution in [0.1, 0.15) is 77.6 Å². The van der Waals surface area contributed by atoms with E-state index in [4.69, 9.17) is 4.74 Å². The van der Waals surface area contributed by atoms with Crippen molar-refractivity contribution < 1.29 is 9.53 Å². The van der Waals surface area contributed by atoms with E-state index in [1.54, 1.807) is 0 Å². The Kier molecular flexibility index (Phi) is 4.94. The molecule has 0 aromatic carbocycles. The average Bonchev–Trinajstić information content (AvgIpc) is 2.51. The van der Waals surface area contributed by atoms with Crippen molar-refractivity contribution in [2.75, 3.05) is 0 Å². The Morgan fingerprint density at radius 2 is 1.64 bits per heavy atom. The lowest BCUT2D eigenvalue weighted by Crippen LogP contribution is -2.59. The molecule has 0 N–H and O–H groups in total. The zero-order chi connectivity index (χ0) is 15.6. The maximum atomic E-state index is 12.0. The SMILES string of the molecule is C=CC(=O)OC1(CCCCCCC)C2CC3CC(C2)CC1C3. The molecule has 4 bridgehead atoms. The molecular weight excluding hydrogens is 272 g/mol. The number of hydrogen-bond donors (Lipinski definition) is 0. The van der Waals surface area contributed by atoms with Crippen molar-refractivity contribution >= 4 is 5.97 Å². The van der Waals surface area contributed by atoms with Crippen molar-refractivity contribution in [2.45, 2.75) is 83.2 Å². The molecule has 2 heteroatoms. The van der Waals surface area contributed by atoms with Gasteiger partial charge in [-0.1, -0.05) is 39.2 Å². The predicted octanol–water partition coefficient (Wildman–Crippen LogP) is 5.27. The lowest BCUT2D eigenvalue weighted by atomic mass is 9.49. The fraction of sp³-hybridized carbons (Fsp3) is 0.850. The van der Waals surface area contributed by atoms with Gasteiger partial charge in [-0.3, -0.25) is 0 Å². The van der Waals surface area contributed by atoms with E-state index < -0.39 is 0 Å². The van der Waals surface area contributed by atoms with Crippen molar-refractivity contribution in [2.24, 2.45) is 23.7 Å². The largest absolute Gasteiger partial charge is 0.455 e. The molecule has 0 aromatic rings. The number of carbonyl (C=O) groups is 1. The summed E-state index contributed by atoms with van der Waals surface area (Å²) < 4.78 is 6.11. The fourth-order valence-corrected chi connectivity index (χ4v) is 5.84. The van der Waals surface area contributed by atoms with Crippen molar-refractivity contribution in [3.8, 4) is 0 Å². The summed E-state index contributed by atoms with van der Waals surface area (Å²) in [4.78, 5) is 12.0. The first-order chi connectivity index (χ1) is 10.7. The normalized spacial score (nSPS) is 39.0. The van der Waals surface area contributed by atoms with Crippen LogP contribution >= 0.6 is 0 Å². The van der Waals surface area contributed by atoms with Crippen LogP contribution in [0.3, 0.4) is 0 Å². The minimum atomic E-state index is -0.193. The highest BCUT2D eigenvalue weighted by molar-refractivity contribution is 5.81. The summed E-state index contributed by atoms with van der Waals surface area (Å²) in [6, 6.07) is 0. The first-order valence-electron chi connectivity index (χ1n) is 9.53. The second kappa shape index (κ2) is 6.76. The van der Waals surface area contributed by atoms with Gasteiger partial charge < -0.3 is 4.74 Å². The Morgan fingerprint density at radius 3 is 2.18 bits per heavy atom. The van der Waals surface area contributed by atoms with Crippen LogP contribution in [0.4, 0.5) is 0 Å². The standard InChI is InChI=1S/C20H32O2/c1-3-5-6-7-8-9-20(22-19(21)4-2)17-11-15-10-16(13-17)14-18(20)12-15/h4,15-18H,2-3,5-14H2,1H3. The number of ether oxygens (including phenoxy) is 1. The first kappa shape index (κ1) is 16.1. The summed E-state index contributed by atoms with van der Waals surface area (Å²) in [6.07, 6.45) is 15.5. The molecule has 4 aliphatic rings. The Morgan fingerprint density at radius 1 is 1.05 bits per heavy atom. The van der Waals surface area contributed by atoms with E-state index in [1.807, 2.05) is 0 Å². The molecule has 4 saturated carbocycles. The Bertz CT molecular complexity index is 384. The first-order valence-corrected chi connectivity index (χ1v) is 9.53. The van der Waals surface area contributed by atoms with Gasteiger partial charge in [0.25, 0.3) is 0 Å². The molecule has 4 fully saturated rings. The van der Waals surface area contributed by atoms with Crippen LogP contribution < -0.4 is 0 Å². The number of carbonyl (C=O) groups excluding carboxylic acids is 1. The van der Waals surface area contributed by atoms with Crippen molar-refractivity contribution in [1.29, 1.82) is 0 Å². The molecule has 0 radical (unpaired) electrons. The third kappa shape index (κ3) is 2.98. The van der Waals surface area contributed by atoms with Gasteiger partial charge in [0, 0.05) is 6.08 Å². The van der Waals surface area contributed by atoms with Crippen molar-refractivity contribution in [3.05, 3.63) is 12.7 Å². The van der Waals surface area contributed by atoms with E-state index in [-0.39, 0.29) is 11.6 Å². The van der Waals surface area contributed by atoms with Gasteiger partial charge in [0.15, 0.2) is 0 Å². The third-order valence-electron chi connectivity index (χ3n) is 6.65. The monoisotopic (exact) mass is 304 g/mol. The fourth-order valence-electron chi connectivity index (χ4n) is 5.84. The number of unbranched alkanes of at least 4 members (excludes halogenated alkanes) is 4. The van der Waals surface area contributed by atoms with Gasteiger partial charge in [-0.05, 0) is 68.6 Å². The molecule has 0 spiro atoms. The van der Waals surface area contributed by atoms with Gasteiger partial charge >= 0.3 is 5.97 Å². The third-order valence-corrected chi connectivity index (χ3v) is 6.65. The molecule has 0 unspecified atom stereocenters. The molecule has 4 rings (SSSR count). The highest BCUT2D eigenvalue weighted by Gasteiger charge is 2.58. The van der Waals surface area contributed by atoms with Crippen LogP contribution in [0.2, 0.25) is 0 Å². The van der Waals surface area contributed by atoms with E-state index in [0.717, 1.165) is 18.3 Å². The van der Waals surface area contributed by atoms with Crippen LogP contribution in [0.15, 0.2) is 12.7 Å². The zero-order valence-corrected chi connectivity index (χ0v) is 14.2. The Balaban J connectivity index is 1.69. The second-order valence-corrected chi connectivity index (χ2v) is 8.05. The van der Waals surface area contributed by atoms with Crippen LogP contribution in [0.5, 0.6) is 0 Å². The molecule has 4 aliphatic carbocycles. The van der Waals surface area contributed by atoms with Crippen molar-refractivity contribution in [3.63, 3.8) is 0 Å². The summed E-state index contributed by atoms with van der Waals surface area (Å²) in [6.45, 7) is 5.88. The maximum absolute atomic E-state index is 12.0.